The van der Waals surface area contributed by atoms with Crippen molar-refractivity contribution < 1.29 is 0 Å². The molecule has 1 aliphatic heterocycles. The van der Waals surface area contributed by atoms with Crippen LogP contribution in [0.3, 0.4) is 0 Å². The number of hydrogen-bond donors (Lipinski definition) is 1. The van der Waals surface area contributed by atoms with Crippen LogP contribution in [0.15, 0.2) is 66.6 Å². The topological polar surface area (TPSA) is 70.1 Å². The molecule has 33 heavy (non-hydrogen) atoms. The minimum atomic E-state index is 0.782. The van der Waals surface area contributed by atoms with Gasteiger partial charge in [0.05, 0.1) is 21.2 Å². The standard InChI is InChI=1S/C25H23N7S/c1-31-8-10-32(11-9-31)24-7-3-18(14-26-24)17-2-5-20-21(12-17)27-15-28-25(20)30-19-4-6-23-22(13-19)29-16-33-23/h2-7,12-16H,8-11H2,1H3,(H,27,28,30). The molecule has 0 bridgehead atoms. The molecule has 0 radical (unpaired) electrons. The predicted octanol–water partition coefficient (Wildman–Crippen LogP) is 4.80. The molecule has 5 aromatic rings. The lowest BCUT2D eigenvalue weighted by molar-refractivity contribution is 0.312. The van der Waals surface area contributed by atoms with E-state index in [9.17, 15) is 0 Å². The van der Waals surface area contributed by atoms with Crippen LogP contribution in [0.4, 0.5) is 17.3 Å². The minimum absolute atomic E-state index is 0.782. The van der Waals surface area contributed by atoms with E-state index in [-0.39, 0.29) is 0 Å². The Morgan fingerprint density at radius 1 is 0.818 bits per heavy atom. The summed E-state index contributed by atoms with van der Waals surface area (Å²) >= 11 is 1.64. The molecule has 3 aromatic heterocycles. The first kappa shape index (κ1) is 20.0. The Morgan fingerprint density at radius 2 is 1.70 bits per heavy atom. The lowest BCUT2D eigenvalue weighted by Crippen LogP contribution is -2.44. The maximum atomic E-state index is 4.73. The van der Waals surface area contributed by atoms with Crippen LogP contribution in [0.25, 0.3) is 32.2 Å². The summed E-state index contributed by atoms with van der Waals surface area (Å²) in [5.41, 5.74) is 6.87. The fraction of sp³-hybridized carbons (Fsp3) is 0.200. The molecule has 0 spiro atoms. The number of nitrogens with one attached hydrogen (secondary N) is 1. The number of pyridine rings is 1. The molecule has 164 valence electrons. The van der Waals surface area contributed by atoms with Crippen LogP contribution in [0.1, 0.15) is 0 Å². The average molecular weight is 454 g/mol. The van der Waals surface area contributed by atoms with Gasteiger partial charge >= 0.3 is 0 Å². The Hall–Kier alpha value is -3.62. The van der Waals surface area contributed by atoms with Gasteiger partial charge in [0.25, 0.3) is 0 Å². The van der Waals surface area contributed by atoms with Crippen LogP contribution in [-0.4, -0.2) is 58.1 Å². The number of likely N-dealkylation sites (N-methyl/N-ethyl adjacent to an activating group) is 1. The van der Waals surface area contributed by atoms with Crippen LogP contribution >= 0.6 is 11.3 Å². The van der Waals surface area contributed by atoms with Gasteiger partial charge in [0.1, 0.15) is 18.0 Å². The highest BCUT2D eigenvalue weighted by Gasteiger charge is 2.15. The summed E-state index contributed by atoms with van der Waals surface area (Å²) in [6, 6.07) is 16.7. The molecule has 0 atom stereocenters. The van der Waals surface area contributed by atoms with Gasteiger partial charge in [-0.3, -0.25) is 0 Å². The third-order valence-corrected chi connectivity index (χ3v) is 6.95. The van der Waals surface area contributed by atoms with Crippen molar-refractivity contribution in [1.29, 1.82) is 0 Å². The number of anilines is 3. The van der Waals surface area contributed by atoms with E-state index in [2.05, 4.69) is 79.6 Å². The molecular formula is C25H23N7S. The predicted molar refractivity (Wildman–Crippen MR) is 135 cm³/mol. The molecule has 1 fully saturated rings. The summed E-state index contributed by atoms with van der Waals surface area (Å²) in [6.45, 7) is 4.17. The molecule has 0 unspecified atom stereocenters. The maximum Gasteiger partial charge on any atom is 0.141 e. The Kier molecular flexibility index (Phi) is 5.09. The number of benzene rings is 2. The largest absolute Gasteiger partial charge is 0.354 e. The average Bonchev–Trinajstić information content (AvgIpc) is 3.33. The third kappa shape index (κ3) is 3.99. The highest BCUT2D eigenvalue weighted by Crippen LogP contribution is 2.29. The van der Waals surface area contributed by atoms with Gasteiger partial charge in [0, 0.05) is 49.0 Å². The Labute approximate surface area is 195 Å². The quantitative estimate of drug-likeness (QED) is 0.419. The number of fused-ring (bicyclic) bond motifs is 2. The van der Waals surface area contributed by atoms with Crippen molar-refractivity contribution in [2.75, 3.05) is 43.4 Å². The van der Waals surface area contributed by atoms with Gasteiger partial charge in [-0.05, 0) is 55.1 Å². The zero-order valence-corrected chi connectivity index (χ0v) is 19.1. The van der Waals surface area contributed by atoms with Gasteiger partial charge in [-0.2, -0.15) is 0 Å². The molecule has 1 saturated heterocycles. The van der Waals surface area contributed by atoms with Crippen molar-refractivity contribution in [2.24, 2.45) is 0 Å². The molecule has 0 saturated carbocycles. The number of nitrogens with zero attached hydrogens (tertiary/aromatic N) is 6. The molecule has 1 aliphatic rings. The second-order valence-electron chi connectivity index (χ2n) is 8.31. The summed E-state index contributed by atoms with van der Waals surface area (Å²) in [5, 5.41) is 4.40. The van der Waals surface area contributed by atoms with E-state index < -0.39 is 0 Å². The zero-order valence-electron chi connectivity index (χ0n) is 18.3. The summed E-state index contributed by atoms with van der Waals surface area (Å²) in [4.78, 5) is 22.8. The highest BCUT2D eigenvalue weighted by atomic mass is 32.1. The second-order valence-corrected chi connectivity index (χ2v) is 9.20. The lowest BCUT2D eigenvalue weighted by atomic mass is 10.1. The Balaban J connectivity index is 1.26. The molecule has 2 aromatic carbocycles. The van der Waals surface area contributed by atoms with Gasteiger partial charge in [-0.15, -0.1) is 11.3 Å². The number of rotatable bonds is 4. The van der Waals surface area contributed by atoms with Gasteiger partial charge in [0.15, 0.2) is 0 Å². The first-order valence-electron chi connectivity index (χ1n) is 11.0. The van der Waals surface area contributed by atoms with Crippen molar-refractivity contribution in [3.05, 3.63) is 66.6 Å². The Morgan fingerprint density at radius 3 is 2.55 bits per heavy atom. The molecule has 4 heterocycles. The van der Waals surface area contributed by atoms with E-state index in [4.69, 9.17) is 4.98 Å². The van der Waals surface area contributed by atoms with E-state index in [1.165, 1.54) is 4.70 Å². The van der Waals surface area contributed by atoms with Gasteiger partial charge in [-0.1, -0.05) is 6.07 Å². The smallest absolute Gasteiger partial charge is 0.141 e. The number of hydrogen-bond acceptors (Lipinski definition) is 8. The molecule has 1 N–H and O–H groups in total. The molecule has 7 nitrogen and oxygen atoms in total. The Bertz CT molecular complexity index is 1420. The van der Waals surface area contributed by atoms with E-state index in [1.54, 1.807) is 17.7 Å². The van der Waals surface area contributed by atoms with Crippen LogP contribution in [0.5, 0.6) is 0 Å². The number of aromatic nitrogens is 4. The summed E-state index contributed by atoms with van der Waals surface area (Å²) in [7, 11) is 2.16. The highest BCUT2D eigenvalue weighted by molar-refractivity contribution is 7.16. The SMILES string of the molecule is CN1CCN(c2ccc(-c3ccc4c(Nc5ccc6scnc6c5)ncnc4c3)cn2)CC1. The lowest BCUT2D eigenvalue weighted by Gasteiger charge is -2.33. The summed E-state index contributed by atoms with van der Waals surface area (Å²) < 4.78 is 1.17. The normalized spacial score (nSPS) is 14.8. The van der Waals surface area contributed by atoms with E-state index >= 15 is 0 Å². The first-order valence-corrected chi connectivity index (χ1v) is 11.9. The third-order valence-electron chi connectivity index (χ3n) is 6.14. The van der Waals surface area contributed by atoms with Crippen molar-refractivity contribution in [2.45, 2.75) is 0 Å². The minimum Gasteiger partial charge on any atom is -0.354 e. The maximum absolute atomic E-state index is 4.73. The first-order chi connectivity index (χ1) is 16.2. The monoisotopic (exact) mass is 453 g/mol. The van der Waals surface area contributed by atoms with Gasteiger partial charge < -0.3 is 15.1 Å². The molecule has 0 aliphatic carbocycles. The molecular weight excluding hydrogens is 430 g/mol. The summed E-state index contributed by atoms with van der Waals surface area (Å²) in [5.74, 6) is 1.82. The number of piperazine rings is 1. The fourth-order valence-corrected chi connectivity index (χ4v) is 4.85. The van der Waals surface area contributed by atoms with Gasteiger partial charge in [0.2, 0.25) is 0 Å². The summed E-state index contributed by atoms with van der Waals surface area (Å²) in [6.07, 6.45) is 3.56. The van der Waals surface area contributed by atoms with Crippen molar-refractivity contribution >= 4 is 49.8 Å². The van der Waals surface area contributed by atoms with Crippen molar-refractivity contribution in [3.63, 3.8) is 0 Å². The molecule has 8 heteroatoms. The van der Waals surface area contributed by atoms with Crippen molar-refractivity contribution in [3.8, 4) is 11.1 Å². The van der Waals surface area contributed by atoms with Gasteiger partial charge in [-0.25, -0.2) is 19.9 Å². The van der Waals surface area contributed by atoms with Crippen LogP contribution < -0.4 is 10.2 Å². The van der Waals surface area contributed by atoms with E-state index in [0.29, 0.717) is 0 Å². The number of thiazole rings is 1. The molecule has 0 amide bonds. The zero-order chi connectivity index (χ0) is 22.2. The van der Waals surface area contributed by atoms with E-state index in [1.807, 2.05) is 17.8 Å². The molecule has 6 rings (SSSR count). The van der Waals surface area contributed by atoms with Crippen LogP contribution in [0.2, 0.25) is 0 Å². The fourth-order valence-electron chi connectivity index (χ4n) is 4.19. The van der Waals surface area contributed by atoms with Crippen molar-refractivity contribution in [1.82, 2.24) is 24.8 Å². The second kappa shape index (κ2) is 8.38. The van der Waals surface area contributed by atoms with Crippen LogP contribution in [0, 0.1) is 0 Å². The van der Waals surface area contributed by atoms with E-state index in [0.717, 1.165) is 71.0 Å². The van der Waals surface area contributed by atoms with Crippen LogP contribution in [-0.2, 0) is 0 Å².